The Morgan fingerprint density at radius 3 is 2.52 bits per heavy atom. The molecule has 0 bridgehead atoms. The Morgan fingerprint density at radius 1 is 1.26 bits per heavy atom. The number of aromatic nitrogens is 2. The van der Waals surface area contributed by atoms with Crippen LogP contribution in [-0.2, 0) is 4.79 Å². The van der Waals surface area contributed by atoms with Gasteiger partial charge < -0.3 is 19.3 Å². The molecule has 1 N–H and O–H groups in total. The first-order valence-electron chi connectivity index (χ1n) is 9.96. The number of anilines is 1. The maximum atomic E-state index is 14.9. The highest BCUT2D eigenvalue weighted by Gasteiger charge is 2.29. The molecule has 168 valence electrons. The van der Waals surface area contributed by atoms with Gasteiger partial charge in [-0.3, -0.25) is 14.5 Å². The molecule has 1 aliphatic carbocycles. The van der Waals surface area contributed by atoms with E-state index in [-0.39, 0.29) is 41.2 Å². The topological polar surface area (TPSA) is 105 Å². The number of piperazine rings is 1. The fraction of sp³-hybridized carbons (Fsp3) is 0.500. The maximum Gasteiger partial charge on any atom is 0.511 e. The minimum atomic E-state index is -1.60. The van der Waals surface area contributed by atoms with Gasteiger partial charge in [0.2, 0.25) is 5.43 Å². The summed E-state index contributed by atoms with van der Waals surface area (Å²) >= 11 is 0. The van der Waals surface area contributed by atoms with E-state index < -0.39 is 17.4 Å². The van der Waals surface area contributed by atoms with Crippen LogP contribution in [-0.4, -0.2) is 64.2 Å². The van der Waals surface area contributed by atoms with E-state index in [9.17, 15) is 18.8 Å². The van der Waals surface area contributed by atoms with E-state index in [4.69, 9.17) is 5.11 Å². The van der Waals surface area contributed by atoms with Crippen molar-refractivity contribution in [2.24, 2.45) is 0 Å². The summed E-state index contributed by atoms with van der Waals surface area (Å²) < 4.78 is 21.2. The summed E-state index contributed by atoms with van der Waals surface area (Å²) in [6, 6.07) is 1.20. The van der Waals surface area contributed by atoms with Gasteiger partial charge in [0.15, 0.2) is 17.4 Å². The zero-order valence-electron chi connectivity index (χ0n) is 17.0. The van der Waals surface area contributed by atoms with Crippen LogP contribution in [0.25, 0.3) is 11.0 Å². The number of ether oxygens (including phenoxy) is 1. The number of fused-ring (bicyclic) bond motifs is 1. The van der Waals surface area contributed by atoms with Gasteiger partial charge in [0, 0.05) is 45.2 Å². The van der Waals surface area contributed by atoms with Crippen molar-refractivity contribution in [1.29, 1.82) is 0 Å². The van der Waals surface area contributed by atoms with Crippen LogP contribution < -0.4 is 15.1 Å². The molecule has 3 heterocycles. The second-order valence-corrected chi connectivity index (χ2v) is 7.77. The zero-order chi connectivity index (χ0) is 21.4. The minimum Gasteiger partial charge on any atom is -0.449 e. The van der Waals surface area contributed by atoms with E-state index in [0.29, 0.717) is 44.8 Å². The highest BCUT2D eigenvalue weighted by molar-refractivity contribution is 5.85. The molecule has 0 radical (unpaired) electrons. The summed E-state index contributed by atoms with van der Waals surface area (Å²) in [7, 11) is 0. The second kappa shape index (κ2) is 9.19. The number of halogens is 2. The van der Waals surface area contributed by atoms with Gasteiger partial charge in [-0.1, -0.05) is 0 Å². The molecule has 2 aliphatic rings. The second-order valence-electron chi connectivity index (χ2n) is 7.77. The quantitative estimate of drug-likeness (QED) is 0.663. The van der Waals surface area contributed by atoms with Crippen molar-refractivity contribution in [2.75, 3.05) is 37.6 Å². The summed E-state index contributed by atoms with van der Waals surface area (Å²) in [4.78, 5) is 43.2. The average molecular weight is 455 g/mol. The molecule has 0 amide bonds. The van der Waals surface area contributed by atoms with Crippen molar-refractivity contribution in [3.05, 3.63) is 28.3 Å². The standard InChI is InChI=1S/C20H23FN4O5.ClH/c1-12(26)4-5-23-6-8-24(9-7-23)19-15(21)10-14-17(27)16(30-20(28)29)11-25(13-2-3-13)18(14)22-19;/h10-11,13H,2-9H2,1H3,(H,28,29);1H. The normalized spacial score (nSPS) is 16.8. The highest BCUT2D eigenvalue weighted by Crippen LogP contribution is 2.38. The monoisotopic (exact) mass is 454 g/mol. The van der Waals surface area contributed by atoms with Gasteiger partial charge in [0.1, 0.15) is 11.4 Å². The highest BCUT2D eigenvalue weighted by atomic mass is 35.5. The summed E-state index contributed by atoms with van der Waals surface area (Å²) in [5.41, 5.74) is -0.369. The Balaban J connectivity index is 0.00000272. The number of hydrogen-bond acceptors (Lipinski definition) is 7. The number of carbonyl (C=O) groups is 2. The van der Waals surface area contributed by atoms with Gasteiger partial charge in [-0.25, -0.2) is 14.2 Å². The van der Waals surface area contributed by atoms with Gasteiger partial charge in [-0.05, 0) is 25.8 Å². The van der Waals surface area contributed by atoms with Crippen molar-refractivity contribution >= 4 is 41.2 Å². The van der Waals surface area contributed by atoms with Crippen LogP contribution in [0.2, 0.25) is 0 Å². The molecule has 0 unspecified atom stereocenters. The number of nitrogens with zero attached hydrogens (tertiary/aromatic N) is 4. The Kier molecular flexibility index (Phi) is 6.80. The number of Topliss-reactive ketones (excluding diaryl/α,β-unsaturated/α-hetero) is 1. The fourth-order valence-corrected chi connectivity index (χ4v) is 3.73. The number of hydrogen-bond donors (Lipinski definition) is 1. The predicted molar refractivity (Wildman–Crippen MR) is 114 cm³/mol. The smallest absolute Gasteiger partial charge is 0.449 e. The molecule has 11 heteroatoms. The van der Waals surface area contributed by atoms with Crippen LogP contribution >= 0.6 is 12.4 Å². The molecule has 2 aromatic rings. The Hall–Kier alpha value is -2.72. The summed E-state index contributed by atoms with van der Waals surface area (Å²) in [6.07, 6.45) is 1.99. The molecular weight excluding hydrogens is 431 g/mol. The third-order valence-electron chi connectivity index (χ3n) is 5.50. The number of carboxylic acid groups (broad SMARTS) is 1. The molecule has 0 spiro atoms. The molecular formula is C20H24ClFN4O5. The summed E-state index contributed by atoms with van der Waals surface area (Å²) in [5.74, 6) is -0.667. The van der Waals surface area contributed by atoms with Crippen molar-refractivity contribution in [3.63, 3.8) is 0 Å². The van der Waals surface area contributed by atoms with Crippen LogP contribution in [0, 0.1) is 5.82 Å². The lowest BCUT2D eigenvalue weighted by Crippen LogP contribution is -2.47. The van der Waals surface area contributed by atoms with Crippen molar-refractivity contribution in [1.82, 2.24) is 14.5 Å². The lowest BCUT2D eigenvalue weighted by atomic mass is 10.2. The first-order chi connectivity index (χ1) is 14.3. The zero-order valence-corrected chi connectivity index (χ0v) is 17.9. The average Bonchev–Trinajstić information content (AvgIpc) is 3.54. The third kappa shape index (κ3) is 4.96. The SMILES string of the molecule is CC(=O)CCN1CCN(c2nc3c(cc2F)c(=O)c(OC(=O)O)cn3C2CC2)CC1.Cl. The molecule has 4 rings (SSSR count). The number of ketones is 1. The Bertz CT molecular complexity index is 1060. The number of carbonyl (C=O) groups excluding carboxylic acids is 1. The minimum absolute atomic E-state index is 0. The maximum absolute atomic E-state index is 14.9. The number of rotatable bonds is 6. The van der Waals surface area contributed by atoms with Crippen molar-refractivity contribution < 1.29 is 23.8 Å². The van der Waals surface area contributed by atoms with E-state index in [1.807, 2.05) is 4.90 Å². The molecule has 0 aromatic carbocycles. The van der Waals surface area contributed by atoms with E-state index in [0.717, 1.165) is 18.9 Å². The van der Waals surface area contributed by atoms with Crippen LogP contribution in [0.3, 0.4) is 0 Å². The van der Waals surface area contributed by atoms with Gasteiger partial charge in [-0.2, -0.15) is 0 Å². The van der Waals surface area contributed by atoms with E-state index in [1.54, 1.807) is 11.5 Å². The van der Waals surface area contributed by atoms with Gasteiger partial charge in [-0.15, -0.1) is 12.4 Å². The molecule has 31 heavy (non-hydrogen) atoms. The summed E-state index contributed by atoms with van der Waals surface area (Å²) in [6.45, 7) is 4.74. The van der Waals surface area contributed by atoms with Gasteiger partial charge in [0.05, 0.1) is 11.6 Å². The van der Waals surface area contributed by atoms with Crippen LogP contribution in [0.15, 0.2) is 17.1 Å². The van der Waals surface area contributed by atoms with E-state index in [1.165, 1.54) is 6.20 Å². The van der Waals surface area contributed by atoms with Crippen molar-refractivity contribution in [2.45, 2.75) is 32.2 Å². The third-order valence-corrected chi connectivity index (χ3v) is 5.50. The van der Waals surface area contributed by atoms with Crippen LogP contribution in [0.5, 0.6) is 5.75 Å². The molecule has 9 nitrogen and oxygen atoms in total. The lowest BCUT2D eigenvalue weighted by molar-refractivity contribution is -0.117. The molecule has 2 aromatic heterocycles. The fourth-order valence-electron chi connectivity index (χ4n) is 3.73. The van der Waals surface area contributed by atoms with Crippen LogP contribution in [0.1, 0.15) is 32.2 Å². The predicted octanol–water partition coefficient (Wildman–Crippen LogP) is 2.45. The molecule has 1 saturated heterocycles. The summed E-state index contributed by atoms with van der Waals surface area (Å²) in [5, 5.41) is 8.88. The lowest BCUT2D eigenvalue weighted by Gasteiger charge is -2.35. The Labute approximate surface area is 183 Å². The van der Waals surface area contributed by atoms with Gasteiger partial charge >= 0.3 is 6.16 Å². The van der Waals surface area contributed by atoms with E-state index in [2.05, 4.69) is 14.6 Å². The first kappa shape index (κ1) is 23.0. The largest absolute Gasteiger partial charge is 0.511 e. The number of pyridine rings is 2. The first-order valence-corrected chi connectivity index (χ1v) is 9.96. The molecule has 2 fully saturated rings. The molecule has 0 atom stereocenters. The van der Waals surface area contributed by atoms with Crippen molar-refractivity contribution in [3.8, 4) is 5.75 Å². The Morgan fingerprint density at radius 2 is 1.94 bits per heavy atom. The van der Waals surface area contributed by atoms with E-state index >= 15 is 0 Å². The molecule has 1 aliphatic heterocycles. The molecule has 1 saturated carbocycles. The van der Waals surface area contributed by atoms with Gasteiger partial charge in [0.25, 0.3) is 0 Å². The van der Waals surface area contributed by atoms with Crippen LogP contribution in [0.4, 0.5) is 15.0 Å².